The number of rotatable bonds is 4. The lowest BCUT2D eigenvalue weighted by Gasteiger charge is -2.33. The van der Waals surface area contributed by atoms with Crippen molar-refractivity contribution in [2.75, 3.05) is 20.1 Å². The predicted octanol–water partition coefficient (Wildman–Crippen LogP) is 4.01. The zero-order valence-corrected chi connectivity index (χ0v) is 15.3. The minimum atomic E-state index is 0. The van der Waals surface area contributed by atoms with Crippen LogP contribution in [0.25, 0.3) is 0 Å². The van der Waals surface area contributed by atoms with Gasteiger partial charge < -0.3 is 10.2 Å². The molecule has 2 fully saturated rings. The third-order valence-electron chi connectivity index (χ3n) is 5.65. The number of piperidine rings is 1. The summed E-state index contributed by atoms with van der Waals surface area (Å²) in [6, 6.07) is 0.495. The maximum absolute atomic E-state index is 12.6. The lowest BCUT2D eigenvalue weighted by atomic mass is 9.85. The highest BCUT2D eigenvalue weighted by Crippen LogP contribution is 2.25. The van der Waals surface area contributed by atoms with Gasteiger partial charge in [-0.05, 0) is 50.6 Å². The van der Waals surface area contributed by atoms with E-state index in [0.717, 1.165) is 19.5 Å². The Hall–Kier alpha value is -0.280. The highest BCUT2D eigenvalue weighted by molar-refractivity contribution is 5.85. The summed E-state index contributed by atoms with van der Waals surface area (Å²) in [5.74, 6) is 1.58. The second kappa shape index (κ2) is 10.5. The zero-order chi connectivity index (χ0) is 15.1. The molecule has 1 N–H and O–H groups in total. The lowest BCUT2D eigenvalue weighted by Crippen LogP contribution is -2.40. The average Bonchev–Trinajstić information content (AvgIpc) is 2.47. The molecule has 3 nitrogen and oxygen atoms in total. The molecule has 1 amide bonds. The van der Waals surface area contributed by atoms with Gasteiger partial charge >= 0.3 is 0 Å². The maximum atomic E-state index is 12.6. The zero-order valence-electron chi connectivity index (χ0n) is 14.5. The van der Waals surface area contributed by atoms with Crippen molar-refractivity contribution in [3.8, 4) is 0 Å². The molecule has 2 unspecified atom stereocenters. The van der Waals surface area contributed by atoms with Crippen LogP contribution < -0.4 is 5.32 Å². The van der Waals surface area contributed by atoms with Crippen molar-refractivity contribution in [3.05, 3.63) is 0 Å². The van der Waals surface area contributed by atoms with Gasteiger partial charge in [0.15, 0.2) is 0 Å². The summed E-state index contributed by atoms with van der Waals surface area (Å²) in [5.41, 5.74) is 0. The van der Waals surface area contributed by atoms with Crippen LogP contribution in [0.5, 0.6) is 0 Å². The Morgan fingerprint density at radius 2 is 1.73 bits per heavy atom. The molecule has 22 heavy (non-hydrogen) atoms. The summed E-state index contributed by atoms with van der Waals surface area (Å²) in [4.78, 5) is 14.7. The Balaban J connectivity index is 0.00000242. The second-order valence-corrected chi connectivity index (χ2v) is 7.29. The van der Waals surface area contributed by atoms with Gasteiger partial charge in [-0.1, -0.05) is 39.0 Å². The molecule has 0 spiro atoms. The number of carbonyl (C=O) groups excluding carboxylic acids is 1. The Bertz CT molecular complexity index is 310. The SMILES string of the molecule is CC(CC(=O)N(C)C1CCCCCCC1)C1CCCNC1.Cl. The van der Waals surface area contributed by atoms with Crippen LogP contribution in [0.15, 0.2) is 0 Å². The molecule has 4 heteroatoms. The number of carbonyl (C=O) groups is 1. The van der Waals surface area contributed by atoms with Gasteiger partial charge in [-0.2, -0.15) is 0 Å². The molecular weight excluding hydrogens is 296 g/mol. The summed E-state index contributed by atoms with van der Waals surface area (Å²) in [7, 11) is 2.04. The van der Waals surface area contributed by atoms with E-state index in [1.807, 2.05) is 7.05 Å². The molecule has 0 bridgehead atoms. The highest BCUT2D eigenvalue weighted by atomic mass is 35.5. The van der Waals surface area contributed by atoms with E-state index in [0.29, 0.717) is 23.8 Å². The van der Waals surface area contributed by atoms with Crippen LogP contribution in [-0.2, 0) is 4.79 Å². The molecule has 0 aromatic heterocycles. The van der Waals surface area contributed by atoms with E-state index in [-0.39, 0.29) is 12.4 Å². The van der Waals surface area contributed by atoms with Gasteiger partial charge in [-0.15, -0.1) is 12.4 Å². The highest BCUT2D eigenvalue weighted by Gasteiger charge is 2.26. The first-order valence-electron chi connectivity index (χ1n) is 9.15. The molecule has 0 radical (unpaired) electrons. The normalized spacial score (nSPS) is 25.5. The van der Waals surface area contributed by atoms with Crippen molar-refractivity contribution >= 4 is 18.3 Å². The molecule has 0 aromatic carbocycles. The Morgan fingerprint density at radius 3 is 2.32 bits per heavy atom. The van der Waals surface area contributed by atoms with E-state index in [1.54, 1.807) is 0 Å². The molecule has 1 aliphatic heterocycles. The smallest absolute Gasteiger partial charge is 0.222 e. The van der Waals surface area contributed by atoms with Crippen molar-refractivity contribution in [2.45, 2.75) is 77.2 Å². The predicted molar refractivity (Wildman–Crippen MR) is 95.5 cm³/mol. The minimum Gasteiger partial charge on any atom is -0.343 e. The van der Waals surface area contributed by atoms with E-state index in [1.165, 1.54) is 57.8 Å². The lowest BCUT2D eigenvalue weighted by molar-refractivity contribution is -0.133. The van der Waals surface area contributed by atoms with E-state index >= 15 is 0 Å². The maximum Gasteiger partial charge on any atom is 0.222 e. The first kappa shape index (κ1) is 19.8. The fraction of sp³-hybridized carbons (Fsp3) is 0.944. The third-order valence-corrected chi connectivity index (χ3v) is 5.65. The molecule has 130 valence electrons. The van der Waals surface area contributed by atoms with Gasteiger partial charge in [0.2, 0.25) is 5.91 Å². The van der Waals surface area contributed by atoms with Gasteiger partial charge in [0.05, 0.1) is 0 Å². The Morgan fingerprint density at radius 1 is 1.09 bits per heavy atom. The van der Waals surface area contributed by atoms with Crippen molar-refractivity contribution < 1.29 is 4.79 Å². The molecule has 1 heterocycles. The standard InChI is InChI=1S/C18H34N2O.ClH/c1-15(16-9-8-12-19-14-16)13-18(21)20(2)17-10-6-4-3-5-7-11-17;/h15-17,19H,3-14H2,1-2H3;1H. The molecule has 2 rings (SSSR count). The quantitative estimate of drug-likeness (QED) is 0.844. The van der Waals surface area contributed by atoms with E-state index in [4.69, 9.17) is 0 Å². The molecule has 2 atom stereocenters. The largest absolute Gasteiger partial charge is 0.343 e. The summed E-state index contributed by atoms with van der Waals surface area (Å²) in [6.07, 6.45) is 12.4. The van der Waals surface area contributed by atoms with Crippen LogP contribution in [0, 0.1) is 11.8 Å². The topological polar surface area (TPSA) is 32.3 Å². The van der Waals surface area contributed by atoms with Crippen LogP contribution >= 0.6 is 12.4 Å². The van der Waals surface area contributed by atoms with Gasteiger partial charge in [-0.25, -0.2) is 0 Å². The fourth-order valence-electron chi connectivity index (χ4n) is 3.98. The number of hydrogen-bond acceptors (Lipinski definition) is 2. The summed E-state index contributed by atoms with van der Waals surface area (Å²) >= 11 is 0. The number of nitrogens with zero attached hydrogens (tertiary/aromatic N) is 1. The summed E-state index contributed by atoms with van der Waals surface area (Å²) in [5, 5.41) is 3.47. The van der Waals surface area contributed by atoms with E-state index in [9.17, 15) is 4.79 Å². The molecular formula is C18H35ClN2O. The minimum absolute atomic E-state index is 0. The number of hydrogen-bond donors (Lipinski definition) is 1. The van der Waals surface area contributed by atoms with Crippen LogP contribution in [0.3, 0.4) is 0 Å². The van der Waals surface area contributed by atoms with Crippen molar-refractivity contribution in [3.63, 3.8) is 0 Å². The van der Waals surface area contributed by atoms with Crippen LogP contribution in [0.2, 0.25) is 0 Å². The molecule has 1 aliphatic carbocycles. The molecule has 2 aliphatic rings. The number of halogens is 1. The second-order valence-electron chi connectivity index (χ2n) is 7.29. The van der Waals surface area contributed by atoms with Gasteiger partial charge in [0, 0.05) is 19.5 Å². The summed E-state index contributed by atoms with van der Waals surface area (Å²) in [6.45, 7) is 4.52. The van der Waals surface area contributed by atoms with Crippen LogP contribution in [0.4, 0.5) is 0 Å². The van der Waals surface area contributed by atoms with Crippen molar-refractivity contribution in [1.29, 1.82) is 0 Å². The van der Waals surface area contributed by atoms with Gasteiger partial charge in [-0.3, -0.25) is 4.79 Å². The Labute approximate surface area is 143 Å². The summed E-state index contributed by atoms with van der Waals surface area (Å²) < 4.78 is 0. The van der Waals surface area contributed by atoms with Crippen LogP contribution in [-0.4, -0.2) is 37.0 Å². The van der Waals surface area contributed by atoms with E-state index in [2.05, 4.69) is 17.1 Å². The van der Waals surface area contributed by atoms with Crippen molar-refractivity contribution in [1.82, 2.24) is 10.2 Å². The van der Waals surface area contributed by atoms with Gasteiger partial charge in [0.1, 0.15) is 0 Å². The first-order chi connectivity index (χ1) is 10.2. The fourth-order valence-corrected chi connectivity index (χ4v) is 3.98. The molecule has 0 aromatic rings. The molecule has 1 saturated heterocycles. The van der Waals surface area contributed by atoms with Crippen LogP contribution in [0.1, 0.15) is 71.1 Å². The average molecular weight is 331 g/mol. The molecule has 1 saturated carbocycles. The van der Waals surface area contributed by atoms with Gasteiger partial charge in [0.25, 0.3) is 0 Å². The van der Waals surface area contributed by atoms with Crippen molar-refractivity contribution in [2.24, 2.45) is 11.8 Å². The monoisotopic (exact) mass is 330 g/mol. The van der Waals surface area contributed by atoms with E-state index < -0.39 is 0 Å². The first-order valence-corrected chi connectivity index (χ1v) is 9.15. The number of nitrogens with one attached hydrogen (secondary N) is 1. The Kier molecular flexibility index (Phi) is 9.42. The number of amides is 1. The third kappa shape index (κ3) is 6.08.